The minimum atomic E-state index is -0.0300. The molecule has 0 saturated heterocycles. The average molecular weight is 384 g/mol. The Morgan fingerprint density at radius 2 is 1.71 bits per heavy atom. The second-order valence-corrected chi connectivity index (χ2v) is 7.66. The Kier molecular flexibility index (Phi) is 11.2. The van der Waals surface area contributed by atoms with Gasteiger partial charge in [0.2, 0.25) is 0 Å². The Balaban J connectivity index is 1.55. The molecule has 0 aromatic heterocycles. The van der Waals surface area contributed by atoms with Gasteiger partial charge in [0.05, 0.1) is 0 Å². The van der Waals surface area contributed by atoms with Crippen LogP contribution in [0.3, 0.4) is 0 Å². The van der Waals surface area contributed by atoms with Crippen LogP contribution in [-0.2, 0) is 0 Å². The van der Waals surface area contributed by atoms with Crippen LogP contribution in [-0.4, -0.2) is 23.1 Å². The molecule has 1 heterocycles. The van der Waals surface area contributed by atoms with Gasteiger partial charge in [-0.05, 0) is 44.2 Å². The van der Waals surface area contributed by atoms with Crippen molar-refractivity contribution in [2.45, 2.75) is 83.6 Å². The van der Waals surface area contributed by atoms with Crippen LogP contribution in [0.2, 0.25) is 0 Å². The minimum absolute atomic E-state index is 0.0300. The number of benzene rings is 1. The molecule has 0 bridgehead atoms. The highest BCUT2D eigenvalue weighted by Gasteiger charge is 2.29. The summed E-state index contributed by atoms with van der Waals surface area (Å²) >= 11 is 0. The van der Waals surface area contributed by atoms with Crippen LogP contribution in [0.1, 0.15) is 77.6 Å². The maximum absolute atomic E-state index is 12.4. The molecule has 3 nitrogen and oxygen atoms in total. The first-order chi connectivity index (χ1) is 13.8. The third-order valence-electron chi connectivity index (χ3n) is 5.29. The summed E-state index contributed by atoms with van der Waals surface area (Å²) in [4.78, 5) is 0. The summed E-state index contributed by atoms with van der Waals surface area (Å²) < 4.78 is 6.98. The van der Waals surface area contributed by atoms with E-state index in [4.69, 9.17) is 4.74 Å². The fourth-order valence-corrected chi connectivity index (χ4v) is 3.54. The Morgan fingerprint density at radius 1 is 1.00 bits per heavy atom. The number of ether oxygens (including phenoxy) is 1. The van der Waals surface area contributed by atoms with Gasteiger partial charge in [-0.3, -0.25) is 0 Å². The van der Waals surface area contributed by atoms with E-state index in [1.54, 1.807) is 0 Å². The minimum Gasteiger partial charge on any atom is -0.624 e. The van der Waals surface area contributed by atoms with Crippen molar-refractivity contribution in [3.05, 3.63) is 59.8 Å². The summed E-state index contributed by atoms with van der Waals surface area (Å²) in [5, 5.41) is 12.4. The standard InChI is InChI=1S/C25H37NO2/c1-2-3-4-5-6-7-8-9-10-11-12-14-17-23-20-21-24(26(23)27)22-28-25-18-15-13-16-19-25/h7-10,13,15-16,18-19,24H,2-6,11-12,14,17,20-22H2,1H3/b8-7+,10-9+/t24-/m1/s1. The first kappa shape index (κ1) is 22.3. The van der Waals surface area contributed by atoms with Crippen molar-refractivity contribution < 1.29 is 9.48 Å². The number of unbranched alkanes of at least 4 members (excludes halogenated alkanes) is 6. The van der Waals surface area contributed by atoms with Gasteiger partial charge in [-0.25, -0.2) is 4.74 Å². The van der Waals surface area contributed by atoms with Crippen molar-refractivity contribution in [3.8, 4) is 5.75 Å². The quantitative estimate of drug-likeness (QED) is 0.153. The fraction of sp³-hybridized carbons (Fsp3) is 0.560. The molecule has 1 aromatic rings. The van der Waals surface area contributed by atoms with E-state index in [-0.39, 0.29) is 6.04 Å². The van der Waals surface area contributed by atoms with Crippen LogP contribution >= 0.6 is 0 Å². The van der Waals surface area contributed by atoms with Crippen LogP contribution in [0.4, 0.5) is 0 Å². The molecule has 0 N–H and O–H groups in total. The van der Waals surface area contributed by atoms with Crippen LogP contribution in [0.15, 0.2) is 54.6 Å². The normalized spacial score (nSPS) is 17.2. The topological polar surface area (TPSA) is 35.3 Å². The van der Waals surface area contributed by atoms with Crippen LogP contribution in [0.5, 0.6) is 5.75 Å². The Morgan fingerprint density at radius 3 is 2.43 bits per heavy atom. The van der Waals surface area contributed by atoms with Crippen molar-refractivity contribution in [2.75, 3.05) is 6.61 Å². The summed E-state index contributed by atoms with van der Waals surface area (Å²) in [5.41, 5.74) is 1.05. The van der Waals surface area contributed by atoms with E-state index < -0.39 is 0 Å². The lowest BCUT2D eigenvalue weighted by Crippen LogP contribution is -2.26. The molecule has 1 atom stereocenters. The van der Waals surface area contributed by atoms with E-state index >= 15 is 0 Å². The number of nitrogens with zero attached hydrogens (tertiary/aromatic N) is 1. The lowest BCUT2D eigenvalue weighted by atomic mass is 10.1. The Labute approximate surface area is 171 Å². The molecule has 154 valence electrons. The van der Waals surface area contributed by atoms with E-state index in [9.17, 15) is 5.21 Å². The maximum Gasteiger partial charge on any atom is 0.197 e. The Bertz CT molecular complexity index is 619. The molecule has 1 aliphatic heterocycles. The lowest BCUT2D eigenvalue weighted by molar-refractivity contribution is -0.495. The summed E-state index contributed by atoms with van der Waals surface area (Å²) in [5.74, 6) is 0.839. The zero-order valence-electron chi connectivity index (χ0n) is 17.5. The fourth-order valence-electron chi connectivity index (χ4n) is 3.54. The van der Waals surface area contributed by atoms with Gasteiger partial charge in [-0.15, -0.1) is 0 Å². The molecule has 2 rings (SSSR count). The van der Waals surface area contributed by atoms with Gasteiger partial charge in [0, 0.05) is 19.3 Å². The van der Waals surface area contributed by atoms with E-state index in [0.717, 1.165) is 50.0 Å². The number of hydrogen-bond acceptors (Lipinski definition) is 2. The zero-order valence-corrected chi connectivity index (χ0v) is 17.5. The first-order valence-corrected chi connectivity index (χ1v) is 11.1. The average Bonchev–Trinajstić information content (AvgIpc) is 3.07. The molecule has 0 amide bonds. The van der Waals surface area contributed by atoms with Crippen molar-refractivity contribution >= 4 is 5.71 Å². The number of rotatable bonds is 14. The van der Waals surface area contributed by atoms with Crippen LogP contribution in [0, 0.1) is 5.21 Å². The van der Waals surface area contributed by atoms with Gasteiger partial charge in [0.25, 0.3) is 0 Å². The molecule has 1 aliphatic rings. The van der Waals surface area contributed by atoms with Crippen molar-refractivity contribution in [3.63, 3.8) is 0 Å². The van der Waals surface area contributed by atoms with Crippen molar-refractivity contribution in [2.24, 2.45) is 0 Å². The number of hydrogen-bond donors (Lipinski definition) is 0. The first-order valence-electron chi connectivity index (χ1n) is 11.1. The zero-order chi connectivity index (χ0) is 19.9. The molecule has 0 saturated carbocycles. The van der Waals surface area contributed by atoms with Gasteiger partial charge in [0.1, 0.15) is 5.75 Å². The molecule has 0 spiro atoms. The predicted molar refractivity (Wildman–Crippen MR) is 119 cm³/mol. The third-order valence-corrected chi connectivity index (χ3v) is 5.29. The SMILES string of the molecule is CCCCCC/C=C/C=C/CCCCC1=[N+]([O-])[C@@H](COc2ccccc2)CC1. The van der Waals surface area contributed by atoms with Gasteiger partial charge < -0.3 is 9.94 Å². The second kappa shape index (κ2) is 14.0. The maximum atomic E-state index is 12.4. The van der Waals surface area contributed by atoms with E-state index in [1.807, 2.05) is 30.3 Å². The summed E-state index contributed by atoms with van der Waals surface area (Å²) in [7, 11) is 0. The molecule has 3 heteroatoms. The molecule has 0 fully saturated rings. The van der Waals surface area contributed by atoms with Gasteiger partial charge in [0.15, 0.2) is 18.4 Å². The van der Waals surface area contributed by atoms with Crippen molar-refractivity contribution in [1.29, 1.82) is 0 Å². The number of allylic oxidation sites excluding steroid dienone is 4. The highest BCUT2D eigenvalue weighted by molar-refractivity contribution is 5.80. The molecule has 28 heavy (non-hydrogen) atoms. The molecular weight excluding hydrogens is 346 g/mol. The molecule has 1 aromatic carbocycles. The van der Waals surface area contributed by atoms with Crippen LogP contribution in [0.25, 0.3) is 0 Å². The summed E-state index contributed by atoms with van der Waals surface area (Å²) in [6.07, 6.45) is 21.4. The lowest BCUT2D eigenvalue weighted by Gasteiger charge is -2.13. The molecule has 0 unspecified atom stereocenters. The predicted octanol–water partition coefficient (Wildman–Crippen LogP) is 6.82. The molecule has 0 aliphatic carbocycles. The monoisotopic (exact) mass is 383 g/mol. The van der Waals surface area contributed by atoms with Gasteiger partial charge >= 0.3 is 0 Å². The van der Waals surface area contributed by atoms with E-state index in [2.05, 4.69) is 31.2 Å². The Hall–Kier alpha value is -2.03. The van der Waals surface area contributed by atoms with E-state index in [1.165, 1.54) is 36.8 Å². The van der Waals surface area contributed by atoms with Gasteiger partial charge in [-0.2, -0.15) is 0 Å². The highest BCUT2D eigenvalue weighted by atomic mass is 16.5. The number of hydroxylamine groups is 1. The largest absolute Gasteiger partial charge is 0.624 e. The smallest absolute Gasteiger partial charge is 0.197 e. The summed E-state index contributed by atoms with van der Waals surface area (Å²) in [6.45, 7) is 2.72. The number of para-hydroxylation sites is 1. The van der Waals surface area contributed by atoms with Gasteiger partial charge in [-0.1, -0.05) is 68.7 Å². The summed E-state index contributed by atoms with van der Waals surface area (Å²) in [6, 6.07) is 9.71. The van der Waals surface area contributed by atoms with Crippen molar-refractivity contribution in [1.82, 2.24) is 0 Å². The highest BCUT2D eigenvalue weighted by Crippen LogP contribution is 2.18. The third kappa shape index (κ3) is 8.77. The molecular formula is C25H37NO2. The molecule has 0 radical (unpaired) electrons. The van der Waals surface area contributed by atoms with E-state index in [0.29, 0.717) is 6.61 Å². The second-order valence-electron chi connectivity index (χ2n) is 7.66. The van der Waals surface area contributed by atoms with Crippen LogP contribution < -0.4 is 4.74 Å².